The molecule has 1 nitrogen and oxygen atoms in total. The Morgan fingerprint density at radius 3 is 2.55 bits per heavy atom. The normalized spacial score (nSPS) is 10.2. The van der Waals surface area contributed by atoms with Crippen LogP contribution >= 0.6 is 23.2 Å². The third kappa shape index (κ3) is 1.85. The first-order valence-electron chi connectivity index (χ1n) is 3.33. The SMILES string of the molecule is Cc1cc(C)c(CCl)nc1Cl. The van der Waals surface area contributed by atoms with Crippen molar-refractivity contribution < 1.29 is 0 Å². The van der Waals surface area contributed by atoms with Crippen LogP contribution in [0.4, 0.5) is 0 Å². The fraction of sp³-hybridized carbons (Fsp3) is 0.375. The highest BCUT2D eigenvalue weighted by Gasteiger charge is 2.02. The molecular weight excluding hydrogens is 181 g/mol. The third-order valence-corrected chi connectivity index (χ3v) is 2.21. The summed E-state index contributed by atoms with van der Waals surface area (Å²) in [7, 11) is 0. The largest absolute Gasteiger partial charge is 0.239 e. The summed E-state index contributed by atoms with van der Waals surface area (Å²) < 4.78 is 0. The Bertz CT molecular complexity index is 271. The fourth-order valence-corrected chi connectivity index (χ4v) is 1.32. The number of rotatable bonds is 1. The molecule has 0 aliphatic rings. The zero-order chi connectivity index (χ0) is 8.43. The number of nitrogens with zero attached hydrogens (tertiary/aromatic N) is 1. The monoisotopic (exact) mass is 189 g/mol. The molecule has 0 spiro atoms. The van der Waals surface area contributed by atoms with Crippen molar-refractivity contribution in [3.63, 3.8) is 0 Å². The molecule has 60 valence electrons. The standard InChI is InChI=1S/C8H9Cl2N/c1-5-3-6(2)8(10)11-7(5)4-9/h3H,4H2,1-2H3. The number of halogens is 2. The van der Waals surface area contributed by atoms with Gasteiger partial charge < -0.3 is 0 Å². The molecule has 1 heterocycles. The number of pyridine rings is 1. The summed E-state index contributed by atoms with van der Waals surface area (Å²) in [6.07, 6.45) is 0. The highest BCUT2D eigenvalue weighted by Crippen LogP contribution is 2.17. The van der Waals surface area contributed by atoms with Crippen LogP contribution in [0.5, 0.6) is 0 Å². The third-order valence-electron chi connectivity index (χ3n) is 1.57. The van der Waals surface area contributed by atoms with Crippen LogP contribution in [0, 0.1) is 13.8 Å². The minimum atomic E-state index is 0.422. The predicted octanol–water partition coefficient (Wildman–Crippen LogP) is 3.09. The van der Waals surface area contributed by atoms with Gasteiger partial charge in [-0.3, -0.25) is 0 Å². The van der Waals surface area contributed by atoms with E-state index < -0.39 is 0 Å². The summed E-state index contributed by atoms with van der Waals surface area (Å²) in [5.41, 5.74) is 2.96. The molecule has 0 amide bonds. The van der Waals surface area contributed by atoms with Gasteiger partial charge in [0.25, 0.3) is 0 Å². The second-order valence-electron chi connectivity index (χ2n) is 2.49. The Kier molecular flexibility index (Phi) is 2.74. The highest BCUT2D eigenvalue weighted by atomic mass is 35.5. The van der Waals surface area contributed by atoms with Crippen LogP contribution in [0.15, 0.2) is 6.07 Å². The number of alkyl halides is 1. The zero-order valence-electron chi connectivity index (χ0n) is 6.49. The van der Waals surface area contributed by atoms with E-state index in [0.717, 1.165) is 16.8 Å². The van der Waals surface area contributed by atoms with Crippen molar-refractivity contribution in [2.75, 3.05) is 0 Å². The predicted molar refractivity (Wildman–Crippen MR) is 48.3 cm³/mol. The second kappa shape index (κ2) is 3.42. The van der Waals surface area contributed by atoms with Crippen LogP contribution < -0.4 is 0 Å². The first-order valence-corrected chi connectivity index (χ1v) is 4.25. The van der Waals surface area contributed by atoms with E-state index in [9.17, 15) is 0 Å². The Hall–Kier alpha value is -0.270. The maximum atomic E-state index is 5.79. The van der Waals surface area contributed by atoms with Crippen LogP contribution in [0.3, 0.4) is 0 Å². The van der Waals surface area contributed by atoms with E-state index in [0.29, 0.717) is 11.0 Å². The Labute approximate surface area is 76.4 Å². The van der Waals surface area contributed by atoms with E-state index in [1.807, 2.05) is 19.9 Å². The summed E-state index contributed by atoms with van der Waals surface area (Å²) in [5.74, 6) is 0.422. The van der Waals surface area contributed by atoms with Crippen LogP contribution in [0.2, 0.25) is 5.15 Å². The molecular formula is C8H9Cl2N. The zero-order valence-corrected chi connectivity index (χ0v) is 8.00. The van der Waals surface area contributed by atoms with E-state index >= 15 is 0 Å². The average molecular weight is 190 g/mol. The molecule has 0 radical (unpaired) electrons. The lowest BCUT2D eigenvalue weighted by Gasteiger charge is -2.03. The lowest BCUT2D eigenvalue weighted by atomic mass is 10.2. The maximum absolute atomic E-state index is 5.79. The molecule has 0 saturated carbocycles. The summed E-state index contributed by atoms with van der Waals surface area (Å²) in [6.45, 7) is 3.91. The molecule has 0 aliphatic heterocycles. The van der Waals surface area contributed by atoms with Crippen molar-refractivity contribution in [2.24, 2.45) is 0 Å². The molecule has 3 heteroatoms. The average Bonchev–Trinajstić information content (AvgIpc) is 1.97. The van der Waals surface area contributed by atoms with Crippen molar-refractivity contribution in [1.29, 1.82) is 0 Å². The molecule has 0 saturated heterocycles. The second-order valence-corrected chi connectivity index (χ2v) is 3.12. The number of hydrogen-bond acceptors (Lipinski definition) is 1. The molecule has 0 unspecified atom stereocenters. The Morgan fingerprint density at radius 1 is 1.36 bits per heavy atom. The van der Waals surface area contributed by atoms with Gasteiger partial charge >= 0.3 is 0 Å². The first-order chi connectivity index (χ1) is 5.15. The number of hydrogen-bond donors (Lipinski definition) is 0. The Balaban J connectivity index is 3.21. The van der Waals surface area contributed by atoms with Gasteiger partial charge in [0.05, 0.1) is 11.6 Å². The summed E-state index contributed by atoms with van der Waals surface area (Å²) in [4.78, 5) is 4.12. The Morgan fingerprint density at radius 2 is 2.00 bits per heavy atom. The van der Waals surface area contributed by atoms with Gasteiger partial charge in [0, 0.05) is 0 Å². The van der Waals surface area contributed by atoms with Crippen LogP contribution in [-0.4, -0.2) is 4.98 Å². The van der Waals surface area contributed by atoms with Gasteiger partial charge in [-0.1, -0.05) is 17.7 Å². The highest BCUT2D eigenvalue weighted by molar-refractivity contribution is 6.30. The molecule has 1 aromatic rings. The van der Waals surface area contributed by atoms with Gasteiger partial charge in [0.15, 0.2) is 0 Å². The van der Waals surface area contributed by atoms with Crippen molar-refractivity contribution in [2.45, 2.75) is 19.7 Å². The summed E-state index contributed by atoms with van der Waals surface area (Å²) in [6, 6.07) is 1.99. The van der Waals surface area contributed by atoms with Crippen LogP contribution in [0.1, 0.15) is 16.8 Å². The maximum Gasteiger partial charge on any atom is 0.132 e. The molecule has 0 aromatic carbocycles. The lowest BCUT2D eigenvalue weighted by Crippen LogP contribution is -1.92. The molecule has 0 fully saturated rings. The molecule has 1 rings (SSSR count). The molecule has 0 bridgehead atoms. The van der Waals surface area contributed by atoms with Crippen molar-refractivity contribution in [3.8, 4) is 0 Å². The van der Waals surface area contributed by atoms with Crippen molar-refractivity contribution in [3.05, 3.63) is 28.0 Å². The van der Waals surface area contributed by atoms with Crippen molar-refractivity contribution >= 4 is 23.2 Å². The number of aromatic nitrogens is 1. The fourth-order valence-electron chi connectivity index (χ4n) is 0.898. The summed E-state index contributed by atoms with van der Waals surface area (Å²) in [5, 5.41) is 0.547. The van der Waals surface area contributed by atoms with Gasteiger partial charge in [0.1, 0.15) is 5.15 Å². The van der Waals surface area contributed by atoms with Gasteiger partial charge in [-0.25, -0.2) is 4.98 Å². The van der Waals surface area contributed by atoms with E-state index in [4.69, 9.17) is 23.2 Å². The van der Waals surface area contributed by atoms with Gasteiger partial charge in [-0.15, -0.1) is 11.6 Å². The topological polar surface area (TPSA) is 12.9 Å². The minimum Gasteiger partial charge on any atom is -0.239 e. The minimum absolute atomic E-state index is 0.422. The van der Waals surface area contributed by atoms with Gasteiger partial charge in [0.2, 0.25) is 0 Å². The first kappa shape index (κ1) is 8.82. The van der Waals surface area contributed by atoms with E-state index in [1.54, 1.807) is 0 Å². The van der Waals surface area contributed by atoms with Gasteiger partial charge in [-0.2, -0.15) is 0 Å². The van der Waals surface area contributed by atoms with E-state index in [-0.39, 0.29) is 0 Å². The quantitative estimate of drug-likeness (QED) is 0.489. The molecule has 0 atom stereocenters. The number of aryl methyl sites for hydroxylation is 2. The van der Waals surface area contributed by atoms with Crippen LogP contribution in [0.25, 0.3) is 0 Å². The van der Waals surface area contributed by atoms with Gasteiger partial charge in [-0.05, 0) is 25.0 Å². The molecule has 0 aliphatic carbocycles. The van der Waals surface area contributed by atoms with Crippen molar-refractivity contribution in [1.82, 2.24) is 4.98 Å². The lowest BCUT2D eigenvalue weighted by molar-refractivity contribution is 1.10. The molecule has 1 aromatic heterocycles. The van der Waals surface area contributed by atoms with E-state index in [1.165, 1.54) is 0 Å². The van der Waals surface area contributed by atoms with Crippen LogP contribution in [-0.2, 0) is 5.88 Å². The summed E-state index contributed by atoms with van der Waals surface area (Å²) >= 11 is 11.4. The smallest absolute Gasteiger partial charge is 0.132 e. The molecule has 0 N–H and O–H groups in total. The van der Waals surface area contributed by atoms with E-state index in [2.05, 4.69) is 4.98 Å². The molecule has 11 heavy (non-hydrogen) atoms.